The zero-order valence-electron chi connectivity index (χ0n) is 11.0. The largest absolute Gasteiger partial charge is 0.492 e. The van der Waals surface area contributed by atoms with Crippen molar-refractivity contribution in [1.82, 2.24) is 10.3 Å². The predicted molar refractivity (Wildman–Crippen MR) is 79.0 cm³/mol. The van der Waals surface area contributed by atoms with E-state index in [1.807, 2.05) is 61.7 Å². The molecule has 2 rings (SSSR count). The Bertz CT molecular complexity index is 523. The van der Waals surface area contributed by atoms with Gasteiger partial charge in [0.05, 0.1) is 5.69 Å². The lowest BCUT2D eigenvalue weighted by atomic mass is 10.1. The number of rotatable bonds is 6. The third-order valence-corrected chi connectivity index (χ3v) is 2.65. The maximum absolute atomic E-state index is 5.73. The van der Waals surface area contributed by atoms with E-state index in [1.54, 1.807) is 6.20 Å². The molecule has 0 aliphatic heterocycles. The Labute approximate surface area is 114 Å². The molecule has 0 saturated heterocycles. The lowest BCUT2D eigenvalue weighted by molar-refractivity contribution is 0.318. The van der Waals surface area contributed by atoms with Crippen LogP contribution in [-0.4, -0.2) is 25.2 Å². The van der Waals surface area contributed by atoms with Crippen LogP contribution in [0.2, 0.25) is 0 Å². The monoisotopic (exact) mass is 254 g/mol. The van der Waals surface area contributed by atoms with E-state index in [9.17, 15) is 0 Å². The zero-order valence-corrected chi connectivity index (χ0v) is 11.0. The Hall–Kier alpha value is -2.13. The molecular formula is C16H18N2O. The van der Waals surface area contributed by atoms with Crippen LogP contribution in [0.25, 0.3) is 12.2 Å². The molecule has 0 unspecified atom stereocenters. The highest BCUT2D eigenvalue weighted by molar-refractivity contribution is 5.71. The van der Waals surface area contributed by atoms with Gasteiger partial charge in [0.2, 0.25) is 0 Å². The summed E-state index contributed by atoms with van der Waals surface area (Å²) in [4.78, 5) is 4.26. The summed E-state index contributed by atoms with van der Waals surface area (Å²) in [5.41, 5.74) is 2.00. The van der Waals surface area contributed by atoms with Crippen LogP contribution in [0.15, 0.2) is 48.7 Å². The fraction of sp³-hybridized carbons (Fsp3) is 0.188. The van der Waals surface area contributed by atoms with Crippen LogP contribution < -0.4 is 10.1 Å². The van der Waals surface area contributed by atoms with E-state index >= 15 is 0 Å². The fourth-order valence-electron chi connectivity index (χ4n) is 1.66. The Morgan fingerprint density at radius 3 is 2.74 bits per heavy atom. The van der Waals surface area contributed by atoms with Crippen LogP contribution in [0.4, 0.5) is 0 Å². The number of benzene rings is 1. The summed E-state index contributed by atoms with van der Waals surface area (Å²) >= 11 is 0. The van der Waals surface area contributed by atoms with Crippen molar-refractivity contribution in [3.63, 3.8) is 0 Å². The number of hydrogen-bond donors (Lipinski definition) is 1. The molecule has 3 heteroatoms. The van der Waals surface area contributed by atoms with E-state index < -0.39 is 0 Å². The molecule has 98 valence electrons. The molecule has 1 N–H and O–H groups in total. The molecule has 1 aromatic carbocycles. The molecule has 0 radical (unpaired) electrons. The molecule has 3 nitrogen and oxygen atoms in total. The highest BCUT2D eigenvalue weighted by Crippen LogP contribution is 2.20. The summed E-state index contributed by atoms with van der Waals surface area (Å²) < 4.78 is 5.73. The van der Waals surface area contributed by atoms with Crippen molar-refractivity contribution >= 4 is 12.2 Å². The van der Waals surface area contributed by atoms with Gasteiger partial charge in [0.15, 0.2) is 0 Å². The Morgan fingerprint density at radius 2 is 1.95 bits per heavy atom. The van der Waals surface area contributed by atoms with Gasteiger partial charge < -0.3 is 10.1 Å². The van der Waals surface area contributed by atoms with Gasteiger partial charge in [-0.15, -0.1) is 0 Å². The lowest BCUT2D eigenvalue weighted by Gasteiger charge is -2.08. The molecular weight excluding hydrogens is 236 g/mol. The van der Waals surface area contributed by atoms with Gasteiger partial charge in [-0.05, 0) is 37.4 Å². The summed E-state index contributed by atoms with van der Waals surface area (Å²) in [6.07, 6.45) is 5.80. The SMILES string of the molecule is CNCCOc1ccccc1C=Cc1ccccn1. The summed E-state index contributed by atoms with van der Waals surface area (Å²) in [7, 11) is 1.91. The van der Waals surface area contributed by atoms with E-state index in [1.165, 1.54) is 0 Å². The second-order valence-corrected chi connectivity index (χ2v) is 4.08. The Kier molecular flexibility index (Phi) is 5.14. The highest BCUT2D eigenvalue weighted by atomic mass is 16.5. The fourth-order valence-corrected chi connectivity index (χ4v) is 1.66. The first kappa shape index (κ1) is 13.3. The molecule has 2 aromatic rings. The molecule has 19 heavy (non-hydrogen) atoms. The van der Waals surface area contributed by atoms with Crippen LogP contribution >= 0.6 is 0 Å². The minimum absolute atomic E-state index is 0.658. The van der Waals surface area contributed by atoms with Crippen molar-refractivity contribution in [3.8, 4) is 5.75 Å². The van der Waals surface area contributed by atoms with Gasteiger partial charge in [0, 0.05) is 18.3 Å². The molecule has 0 aliphatic carbocycles. The van der Waals surface area contributed by atoms with Gasteiger partial charge >= 0.3 is 0 Å². The van der Waals surface area contributed by atoms with Crippen LogP contribution in [0.5, 0.6) is 5.75 Å². The van der Waals surface area contributed by atoms with E-state index in [0.29, 0.717) is 6.61 Å². The Balaban J connectivity index is 2.09. The first-order valence-electron chi connectivity index (χ1n) is 6.35. The molecule has 0 atom stereocenters. The number of pyridine rings is 1. The number of nitrogens with one attached hydrogen (secondary N) is 1. The summed E-state index contributed by atoms with van der Waals surface area (Å²) in [5, 5.41) is 3.06. The van der Waals surface area contributed by atoms with Crippen molar-refractivity contribution in [3.05, 3.63) is 59.9 Å². The van der Waals surface area contributed by atoms with Crippen molar-refractivity contribution in [2.45, 2.75) is 0 Å². The van der Waals surface area contributed by atoms with Gasteiger partial charge in [0.25, 0.3) is 0 Å². The second-order valence-electron chi connectivity index (χ2n) is 4.08. The van der Waals surface area contributed by atoms with Crippen molar-refractivity contribution in [2.24, 2.45) is 0 Å². The van der Waals surface area contributed by atoms with Crippen molar-refractivity contribution in [2.75, 3.05) is 20.2 Å². The third kappa shape index (κ3) is 4.23. The number of aromatic nitrogens is 1. The van der Waals surface area contributed by atoms with E-state index in [2.05, 4.69) is 10.3 Å². The minimum Gasteiger partial charge on any atom is -0.492 e. The van der Waals surface area contributed by atoms with Gasteiger partial charge in [0.1, 0.15) is 12.4 Å². The highest BCUT2D eigenvalue weighted by Gasteiger charge is 1.99. The van der Waals surface area contributed by atoms with Crippen molar-refractivity contribution in [1.29, 1.82) is 0 Å². The third-order valence-electron chi connectivity index (χ3n) is 2.65. The summed E-state index contributed by atoms with van der Waals surface area (Å²) in [6.45, 7) is 1.49. The summed E-state index contributed by atoms with van der Waals surface area (Å²) in [6, 6.07) is 13.9. The van der Waals surface area contributed by atoms with Gasteiger partial charge in [-0.1, -0.05) is 24.3 Å². The average molecular weight is 254 g/mol. The first-order chi connectivity index (χ1) is 9.40. The number of hydrogen-bond acceptors (Lipinski definition) is 3. The van der Waals surface area contributed by atoms with Crippen molar-refractivity contribution < 1.29 is 4.74 Å². The van der Waals surface area contributed by atoms with Crippen LogP contribution in [0.1, 0.15) is 11.3 Å². The average Bonchev–Trinajstić information content (AvgIpc) is 2.48. The van der Waals surface area contributed by atoms with E-state index in [-0.39, 0.29) is 0 Å². The van der Waals surface area contributed by atoms with Crippen LogP contribution in [0.3, 0.4) is 0 Å². The van der Waals surface area contributed by atoms with Gasteiger partial charge in [-0.3, -0.25) is 4.98 Å². The maximum Gasteiger partial charge on any atom is 0.126 e. The molecule has 1 heterocycles. The molecule has 0 bridgehead atoms. The molecule has 0 aliphatic rings. The topological polar surface area (TPSA) is 34.1 Å². The van der Waals surface area contributed by atoms with Crippen LogP contribution in [0, 0.1) is 0 Å². The molecule has 0 fully saturated rings. The Morgan fingerprint density at radius 1 is 1.11 bits per heavy atom. The van der Waals surface area contributed by atoms with Crippen LogP contribution in [-0.2, 0) is 0 Å². The van der Waals surface area contributed by atoms with E-state index in [0.717, 1.165) is 23.6 Å². The van der Waals surface area contributed by atoms with Gasteiger partial charge in [-0.2, -0.15) is 0 Å². The standard InChI is InChI=1S/C16H18N2O/c1-17-12-13-19-16-8-3-2-6-14(16)9-10-15-7-4-5-11-18-15/h2-11,17H,12-13H2,1H3. The molecule has 0 amide bonds. The minimum atomic E-state index is 0.658. The lowest BCUT2D eigenvalue weighted by Crippen LogP contribution is -2.16. The number of ether oxygens (including phenoxy) is 1. The predicted octanol–water partition coefficient (Wildman–Crippen LogP) is 2.85. The second kappa shape index (κ2) is 7.34. The van der Waals surface area contributed by atoms with E-state index in [4.69, 9.17) is 4.74 Å². The normalized spacial score (nSPS) is 10.8. The maximum atomic E-state index is 5.73. The number of likely N-dealkylation sites (N-methyl/N-ethyl adjacent to an activating group) is 1. The molecule has 0 saturated carbocycles. The molecule has 1 aromatic heterocycles. The first-order valence-corrected chi connectivity index (χ1v) is 6.35. The summed E-state index contributed by atoms with van der Waals surface area (Å²) in [5.74, 6) is 0.893. The molecule has 0 spiro atoms. The quantitative estimate of drug-likeness (QED) is 0.805. The number of para-hydroxylation sites is 1. The zero-order chi connectivity index (χ0) is 13.3. The number of nitrogens with zero attached hydrogens (tertiary/aromatic N) is 1. The smallest absolute Gasteiger partial charge is 0.126 e. The van der Waals surface area contributed by atoms with Gasteiger partial charge in [-0.25, -0.2) is 0 Å².